The minimum absolute atomic E-state index is 0.225. The van der Waals surface area contributed by atoms with E-state index in [2.05, 4.69) is 5.10 Å². The zero-order chi connectivity index (χ0) is 19.8. The van der Waals surface area contributed by atoms with Gasteiger partial charge in [-0.15, -0.1) is 0 Å². The Morgan fingerprint density at radius 2 is 1.77 bits per heavy atom. The minimum Gasteiger partial charge on any atom is -0.481 e. The van der Waals surface area contributed by atoms with Crippen LogP contribution in [0.25, 0.3) is 5.57 Å². The standard InChI is InChI=1S/C19H24N2O4S/c1-11(2)12(3)17-13(4)14(8-9-16(17)26(7,23)24)18(22)15-10-20-21(5)19(15)25-6/h8-10H,1-7H3. The number of hydrogen-bond donors (Lipinski definition) is 0. The van der Waals surface area contributed by atoms with Gasteiger partial charge in [0.15, 0.2) is 15.6 Å². The molecule has 0 radical (unpaired) electrons. The van der Waals surface area contributed by atoms with Gasteiger partial charge in [-0.05, 0) is 56.5 Å². The van der Waals surface area contributed by atoms with Gasteiger partial charge in [-0.25, -0.2) is 13.1 Å². The van der Waals surface area contributed by atoms with Gasteiger partial charge in [0.1, 0.15) is 5.56 Å². The zero-order valence-corrected chi connectivity index (χ0v) is 17.0. The Kier molecular flexibility index (Phi) is 5.41. The molecule has 0 amide bonds. The van der Waals surface area contributed by atoms with Crippen LogP contribution in [0.15, 0.2) is 28.8 Å². The Morgan fingerprint density at radius 3 is 2.27 bits per heavy atom. The van der Waals surface area contributed by atoms with Crippen molar-refractivity contribution < 1.29 is 17.9 Å². The molecule has 0 unspecified atom stereocenters. The highest BCUT2D eigenvalue weighted by Gasteiger charge is 2.25. The molecule has 0 spiro atoms. The molecule has 140 valence electrons. The molecule has 1 aromatic carbocycles. The SMILES string of the molecule is COc1c(C(=O)c2ccc(S(C)(=O)=O)c(C(C)=C(C)C)c2C)cnn1C. The van der Waals surface area contributed by atoms with E-state index >= 15 is 0 Å². The van der Waals surface area contributed by atoms with Gasteiger partial charge in [0, 0.05) is 18.9 Å². The molecule has 0 aliphatic carbocycles. The fraction of sp³-hybridized carbons (Fsp3) is 0.368. The van der Waals surface area contributed by atoms with Crippen LogP contribution in [0, 0.1) is 6.92 Å². The lowest BCUT2D eigenvalue weighted by molar-refractivity contribution is 0.103. The summed E-state index contributed by atoms with van der Waals surface area (Å²) >= 11 is 0. The molecule has 0 saturated carbocycles. The second kappa shape index (κ2) is 7.07. The second-order valence-electron chi connectivity index (χ2n) is 6.53. The lowest BCUT2D eigenvalue weighted by atomic mass is 9.91. The van der Waals surface area contributed by atoms with Gasteiger partial charge in [0.25, 0.3) is 0 Å². The highest BCUT2D eigenvalue weighted by Crippen LogP contribution is 2.32. The van der Waals surface area contributed by atoms with Gasteiger partial charge >= 0.3 is 0 Å². The van der Waals surface area contributed by atoms with Crippen molar-refractivity contribution in [1.29, 1.82) is 0 Å². The lowest BCUT2D eigenvalue weighted by Crippen LogP contribution is -2.11. The summed E-state index contributed by atoms with van der Waals surface area (Å²) in [6.07, 6.45) is 2.63. The molecule has 0 saturated heterocycles. The number of benzene rings is 1. The first-order valence-corrected chi connectivity index (χ1v) is 9.98. The quantitative estimate of drug-likeness (QED) is 0.749. The van der Waals surface area contributed by atoms with E-state index < -0.39 is 9.84 Å². The van der Waals surface area contributed by atoms with Gasteiger partial charge in [0.05, 0.1) is 18.2 Å². The van der Waals surface area contributed by atoms with E-state index in [1.165, 1.54) is 30.3 Å². The number of rotatable bonds is 5. The van der Waals surface area contributed by atoms with Crippen LogP contribution in [0.4, 0.5) is 0 Å². The van der Waals surface area contributed by atoms with Crippen molar-refractivity contribution in [3.63, 3.8) is 0 Å². The van der Waals surface area contributed by atoms with Crippen LogP contribution in [0.2, 0.25) is 0 Å². The summed E-state index contributed by atoms with van der Waals surface area (Å²) in [7, 11) is -0.270. The minimum atomic E-state index is -3.44. The largest absolute Gasteiger partial charge is 0.481 e. The van der Waals surface area contributed by atoms with Crippen LogP contribution >= 0.6 is 0 Å². The van der Waals surface area contributed by atoms with E-state index in [1.54, 1.807) is 20.0 Å². The Morgan fingerprint density at radius 1 is 1.15 bits per heavy atom. The molecule has 1 heterocycles. The molecule has 0 aliphatic rings. The first-order chi connectivity index (χ1) is 12.0. The van der Waals surface area contributed by atoms with Gasteiger partial charge in [-0.2, -0.15) is 5.10 Å². The van der Waals surface area contributed by atoms with Crippen molar-refractivity contribution in [1.82, 2.24) is 9.78 Å². The maximum Gasteiger partial charge on any atom is 0.222 e. The average molecular weight is 376 g/mol. The fourth-order valence-electron chi connectivity index (χ4n) is 2.93. The molecule has 0 N–H and O–H groups in total. The number of hydrogen-bond acceptors (Lipinski definition) is 5. The number of allylic oxidation sites excluding steroid dienone is 2. The smallest absolute Gasteiger partial charge is 0.222 e. The summed E-state index contributed by atoms with van der Waals surface area (Å²) in [5, 5.41) is 4.07. The summed E-state index contributed by atoms with van der Waals surface area (Å²) in [6, 6.07) is 3.06. The van der Waals surface area contributed by atoms with Crippen LogP contribution in [-0.4, -0.2) is 37.3 Å². The van der Waals surface area contributed by atoms with Gasteiger partial charge < -0.3 is 4.74 Å². The van der Waals surface area contributed by atoms with E-state index in [0.29, 0.717) is 28.1 Å². The molecule has 0 aliphatic heterocycles. The Bertz CT molecular complexity index is 1010. The topological polar surface area (TPSA) is 78.3 Å². The third-order valence-electron chi connectivity index (χ3n) is 4.52. The van der Waals surface area contributed by atoms with E-state index in [1.807, 2.05) is 20.8 Å². The molecule has 7 heteroatoms. The first-order valence-electron chi connectivity index (χ1n) is 8.09. The normalized spacial score (nSPS) is 11.3. The predicted octanol–water partition coefficient (Wildman–Crippen LogP) is 3.18. The average Bonchev–Trinajstić information content (AvgIpc) is 2.92. The molecule has 1 aromatic heterocycles. The molecule has 6 nitrogen and oxygen atoms in total. The van der Waals surface area contributed by atoms with Crippen LogP contribution in [0.1, 0.15) is 47.8 Å². The Hall–Kier alpha value is -2.41. The summed E-state index contributed by atoms with van der Waals surface area (Å²) < 4.78 is 31.2. The number of nitrogens with zero attached hydrogens (tertiary/aromatic N) is 2. The summed E-state index contributed by atoms with van der Waals surface area (Å²) in [4.78, 5) is 13.3. The Balaban J connectivity index is 2.79. The van der Waals surface area contributed by atoms with E-state index in [-0.39, 0.29) is 10.7 Å². The highest BCUT2D eigenvalue weighted by molar-refractivity contribution is 7.90. The van der Waals surface area contributed by atoms with Gasteiger partial charge in [-0.3, -0.25) is 4.79 Å². The van der Waals surface area contributed by atoms with Crippen LogP contribution in [0.5, 0.6) is 5.88 Å². The first kappa shape index (κ1) is 19.9. The van der Waals surface area contributed by atoms with Crippen LogP contribution in [0.3, 0.4) is 0 Å². The molecular formula is C19H24N2O4S. The maximum absolute atomic E-state index is 13.1. The number of ether oxygens (including phenoxy) is 1. The summed E-state index contributed by atoms with van der Waals surface area (Å²) in [6.45, 7) is 7.47. The lowest BCUT2D eigenvalue weighted by Gasteiger charge is -2.17. The van der Waals surface area contributed by atoms with Crippen LogP contribution < -0.4 is 4.74 Å². The number of aromatic nitrogens is 2. The van der Waals surface area contributed by atoms with Crippen molar-refractivity contribution in [2.45, 2.75) is 32.6 Å². The van der Waals surface area contributed by atoms with E-state index in [4.69, 9.17) is 4.74 Å². The van der Waals surface area contributed by atoms with Crippen molar-refractivity contribution in [2.24, 2.45) is 7.05 Å². The van der Waals surface area contributed by atoms with Crippen molar-refractivity contribution in [2.75, 3.05) is 13.4 Å². The monoisotopic (exact) mass is 376 g/mol. The third-order valence-corrected chi connectivity index (χ3v) is 5.66. The summed E-state index contributed by atoms with van der Waals surface area (Å²) in [5.74, 6) is 0.109. The number of carbonyl (C=O) groups excluding carboxylic acids is 1. The molecule has 2 aromatic rings. The molecule has 0 atom stereocenters. The Labute approximate surface area is 154 Å². The number of methoxy groups -OCH3 is 1. The fourth-order valence-corrected chi connectivity index (χ4v) is 3.92. The summed E-state index contributed by atoms with van der Waals surface area (Å²) in [5.41, 5.74) is 3.81. The second-order valence-corrected chi connectivity index (χ2v) is 8.51. The predicted molar refractivity (Wildman–Crippen MR) is 101 cm³/mol. The number of carbonyl (C=O) groups is 1. The highest BCUT2D eigenvalue weighted by atomic mass is 32.2. The van der Waals surface area contributed by atoms with Crippen molar-refractivity contribution in [3.8, 4) is 5.88 Å². The van der Waals surface area contributed by atoms with Crippen LogP contribution in [-0.2, 0) is 16.9 Å². The third kappa shape index (κ3) is 3.44. The van der Waals surface area contributed by atoms with Gasteiger partial charge in [-0.1, -0.05) is 5.57 Å². The maximum atomic E-state index is 13.1. The van der Waals surface area contributed by atoms with E-state index in [9.17, 15) is 13.2 Å². The molecule has 2 rings (SSSR count). The molecule has 0 bridgehead atoms. The van der Waals surface area contributed by atoms with Crippen molar-refractivity contribution >= 4 is 21.2 Å². The van der Waals surface area contributed by atoms with E-state index in [0.717, 1.165) is 11.1 Å². The zero-order valence-electron chi connectivity index (χ0n) is 16.2. The molecule has 26 heavy (non-hydrogen) atoms. The number of aryl methyl sites for hydroxylation is 1. The van der Waals surface area contributed by atoms with Crippen molar-refractivity contribution in [3.05, 3.63) is 46.2 Å². The molecular weight excluding hydrogens is 352 g/mol. The number of sulfone groups is 1. The molecule has 0 fully saturated rings. The number of ketones is 1. The van der Waals surface area contributed by atoms with Gasteiger partial charge in [0.2, 0.25) is 5.88 Å².